The molecule has 0 saturated heterocycles. The lowest BCUT2D eigenvalue weighted by atomic mass is 10.1. The maximum atomic E-state index is 6.00. The minimum absolute atomic E-state index is 0.737. The summed E-state index contributed by atoms with van der Waals surface area (Å²) in [5.41, 5.74) is 4.19. The van der Waals surface area contributed by atoms with Crippen molar-refractivity contribution in [2.45, 2.75) is 0 Å². The van der Waals surface area contributed by atoms with Gasteiger partial charge in [-0.25, -0.2) is 4.98 Å². The van der Waals surface area contributed by atoms with Gasteiger partial charge < -0.3 is 4.98 Å². The molecule has 2 aromatic heterocycles. The molecule has 20 heavy (non-hydrogen) atoms. The van der Waals surface area contributed by atoms with Crippen LogP contribution < -0.4 is 0 Å². The Labute approximate surface area is 121 Å². The molecule has 0 aliphatic rings. The fourth-order valence-electron chi connectivity index (χ4n) is 2.47. The highest BCUT2D eigenvalue weighted by Crippen LogP contribution is 2.25. The average Bonchev–Trinajstić information content (AvgIpc) is 2.94. The van der Waals surface area contributed by atoms with Crippen LogP contribution >= 0.6 is 11.6 Å². The van der Waals surface area contributed by atoms with Crippen LogP contribution in [0.5, 0.6) is 0 Å². The van der Waals surface area contributed by atoms with Crippen molar-refractivity contribution in [1.29, 1.82) is 0 Å². The number of rotatable bonds is 1. The lowest BCUT2D eigenvalue weighted by molar-refractivity contribution is 1.40. The van der Waals surface area contributed by atoms with Crippen LogP contribution in [0, 0.1) is 0 Å². The van der Waals surface area contributed by atoms with Crippen LogP contribution in [0.3, 0.4) is 0 Å². The van der Waals surface area contributed by atoms with Crippen molar-refractivity contribution in [1.82, 2.24) is 9.97 Å². The number of hydrogen-bond acceptors (Lipinski definition) is 1. The van der Waals surface area contributed by atoms with E-state index in [1.54, 1.807) is 0 Å². The van der Waals surface area contributed by atoms with Crippen LogP contribution in [-0.4, -0.2) is 9.97 Å². The quantitative estimate of drug-likeness (QED) is 0.519. The number of aromatic nitrogens is 2. The molecule has 0 aliphatic heterocycles. The van der Waals surface area contributed by atoms with Gasteiger partial charge in [-0.3, -0.25) is 0 Å². The van der Waals surface area contributed by atoms with Crippen molar-refractivity contribution in [2.24, 2.45) is 0 Å². The van der Waals surface area contributed by atoms with Gasteiger partial charge in [0.25, 0.3) is 0 Å². The first-order valence-corrected chi connectivity index (χ1v) is 6.81. The first kappa shape index (κ1) is 11.5. The van der Waals surface area contributed by atoms with Crippen molar-refractivity contribution < 1.29 is 0 Å². The first-order valence-electron chi connectivity index (χ1n) is 6.43. The third-order valence-electron chi connectivity index (χ3n) is 3.50. The standard InChI is InChI=1S/C17H11ClN2/c18-14-3-6-17-12(10-14)2-5-16(20-17)11-1-4-15-13(9-11)7-8-19-15/h1-10,19H. The Morgan fingerprint density at radius 2 is 1.80 bits per heavy atom. The van der Waals surface area contributed by atoms with E-state index in [0.29, 0.717) is 0 Å². The number of aromatic amines is 1. The monoisotopic (exact) mass is 278 g/mol. The maximum Gasteiger partial charge on any atom is 0.0710 e. The number of fused-ring (bicyclic) bond motifs is 2. The fourth-order valence-corrected chi connectivity index (χ4v) is 2.65. The van der Waals surface area contributed by atoms with E-state index in [2.05, 4.69) is 35.3 Å². The molecule has 0 bridgehead atoms. The van der Waals surface area contributed by atoms with Crippen LogP contribution in [0.25, 0.3) is 33.1 Å². The predicted molar refractivity (Wildman–Crippen MR) is 84.0 cm³/mol. The van der Waals surface area contributed by atoms with E-state index in [0.717, 1.165) is 32.7 Å². The minimum Gasteiger partial charge on any atom is -0.361 e. The molecule has 2 heterocycles. The highest BCUT2D eigenvalue weighted by atomic mass is 35.5. The van der Waals surface area contributed by atoms with E-state index in [9.17, 15) is 0 Å². The largest absolute Gasteiger partial charge is 0.361 e. The lowest BCUT2D eigenvalue weighted by Gasteiger charge is -2.04. The Morgan fingerprint density at radius 1 is 0.850 bits per heavy atom. The Bertz CT molecular complexity index is 924. The molecule has 2 aromatic carbocycles. The Balaban J connectivity index is 1.90. The van der Waals surface area contributed by atoms with Crippen molar-refractivity contribution in [2.75, 3.05) is 0 Å². The van der Waals surface area contributed by atoms with Gasteiger partial charge in [0.1, 0.15) is 0 Å². The average molecular weight is 279 g/mol. The molecule has 96 valence electrons. The van der Waals surface area contributed by atoms with Gasteiger partial charge in [0, 0.05) is 33.1 Å². The lowest BCUT2D eigenvalue weighted by Crippen LogP contribution is -1.85. The van der Waals surface area contributed by atoms with Gasteiger partial charge in [-0.15, -0.1) is 0 Å². The first-order chi connectivity index (χ1) is 9.79. The summed E-state index contributed by atoms with van der Waals surface area (Å²) in [6.07, 6.45) is 1.95. The molecule has 2 nitrogen and oxygen atoms in total. The second kappa shape index (κ2) is 4.36. The molecule has 0 amide bonds. The molecular weight excluding hydrogens is 268 g/mol. The molecule has 0 aliphatic carbocycles. The molecule has 0 radical (unpaired) electrons. The van der Waals surface area contributed by atoms with E-state index in [1.165, 1.54) is 5.39 Å². The van der Waals surface area contributed by atoms with Crippen molar-refractivity contribution in [3.63, 3.8) is 0 Å². The van der Waals surface area contributed by atoms with Gasteiger partial charge in [-0.05, 0) is 42.5 Å². The van der Waals surface area contributed by atoms with Gasteiger partial charge in [0.2, 0.25) is 0 Å². The third kappa shape index (κ3) is 1.86. The predicted octanol–water partition coefficient (Wildman–Crippen LogP) is 5.04. The summed E-state index contributed by atoms with van der Waals surface area (Å²) < 4.78 is 0. The third-order valence-corrected chi connectivity index (χ3v) is 3.74. The summed E-state index contributed by atoms with van der Waals surface area (Å²) in [6, 6.07) is 18.2. The highest BCUT2D eigenvalue weighted by molar-refractivity contribution is 6.31. The molecule has 4 rings (SSSR count). The molecule has 1 N–H and O–H groups in total. The van der Waals surface area contributed by atoms with E-state index >= 15 is 0 Å². The fraction of sp³-hybridized carbons (Fsp3) is 0. The molecule has 0 spiro atoms. The molecule has 4 aromatic rings. The Kier molecular flexibility index (Phi) is 2.51. The summed E-state index contributed by atoms with van der Waals surface area (Å²) in [4.78, 5) is 7.91. The van der Waals surface area contributed by atoms with Crippen LogP contribution in [0.2, 0.25) is 5.02 Å². The number of benzene rings is 2. The van der Waals surface area contributed by atoms with Crippen LogP contribution in [0.15, 0.2) is 60.8 Å². The zero-order chi connectivity index (χ0) is 13.5. The number of H-pyrrole nitrogens is 1. The Morgan fingerprint density at radius 3 is 2.75 bits per heavy atom. The number of nitrogens with zero attached hydrogens (tertiary/aromatic N) is 1. The van der Waals surface area contributed by atoms with E-state index in [1.807, 2.05) is 30.5 Å². The molecule has 0 fully saturated rings. The van der Waals surface area contributed by atoms with Crippen molar-refractivity contribution in [3.05, 3.63) is 65.8 Å². The SMILES string of the molecule is Clc1ccc2nc(-c3ccc4[nH]ccc4c3)ccc2c1. The topological polar surface area (TPSA) is 28.7 Å². The zero-order valence-corrected chi connectivity index (χ0v) is 11.4. The van der Waals surface area contributed by atoms with Crippen LogP contribution in [-0.2, 0) is 0 Å². The van der Waals surface area contributed by atoms with Gasteiger partial charge >= 0.3 is 0 Å². The molecular formula is C17H11ClN2. The zero-order valence-electron chi connectivity index (χ0n) is 10.6. The summed E-state index contributed by atoms with van der Waals surface area (Å²) in [6.45, 7) is 0. The smallest absolute Gasteiger partial charge is 0.0710 e. The van der Waals surface area contributed by atoms with Crippen molar-refractivity contribution >= 4 is 33.4 Å². The highest BCUT2D eigenvalue weighted by Gasteiger charge is 2.03. The molecule has 0 atom stereocenters. The molecule has 0 saturated carbocycles. The summed E-state index contributed by atoms with van der Waals surface area (Å²) in [5, 5.41) is 2.99. The number of halogens is 1. The van der Waals surface area contributed by atoms with E-state index in [4.69, 9.17) is 16.6 Å². The van der Waals surface area contributed by atoms with Gasteiger partial charge in [0.05, 0.1) is 11.2 Å². The number of pyridine rings is 1. The summed E-state index contributed by atoms with van der Waals surface area (Å²) in [7, 11) is 0. The molecule has 0 unspecified atom stereocenters. The van der Waals surface area contributed by atoms with Crippen LogP contribution in [0.1, 0.15) is 0 Å². The number of hydrogen-bond donors (Lipinski definition) is 1. The Hall–Kier alpha value is -2.32. The van der Waals surface area contributed by atoms with Crippen LogP contribution in [0.4, 0.5) is 0 Å². The summed E-state index contributed by atoms with van der Waals surface area (Å²) in [5.74, 6) is 0. The normalized spacial score (nSPS) is 11.2. The summed E-state index contributed by atoms with van der Waals surface area (Å²) >= 11 is 6.00. The number of nitrogens with one attached hydrogen (secondary N) is 1. The van der Waals surface area contributed by atoms with Crippen molar-refractivity contribution in [3.8, 4) is 11.3 Å². The van der Waals surface area contributed by atoms with E-state index in [-0.39, 0.29) is 0 Å². The van der Waals surface area contributed by atoms with Gasteiger partial charge in [-0.2, -0.15) is 0 Å². The second-order valence-electron chi connectivity index (χ2n) is 4.81. The second-order valence-corrected chi connectivity index (χ2v) is 5.25. The van der Waals surface area contributed by atoms with Gasteiger partial charge in [0.15, 0.2) is 0 Å². The van der Waals surface area contributed by atoms with Gasteiger partial charge in [-0.1, -0.05) is 23.7 Å². The molecule has 3 heteroatoms. The van der Waals surface area contributed by atoms with E-state index < -0.39 is 0 Å². The minimum atomic E-state index is 0.737. The maximum absolute atomic E-state index is 6.00.